The molecule has 1 aromatic rings. The normalized spacial score (nSPS) is 20.5. The van der Waals surface area contributed by atoms with E-state index in [1.807, 2.05) is 13.1 Å². The number of rotatable bonds is 3. The molecule has 1 aliphatic heterocycles. The molecular weight excluding hydrogens is 212 g/mol. The predicted octanol–water partition coefficient (Wildman–Crippen LogP) is 0.901. The van der Waals surface area contributed by atoms with E-state index in [2.05, 4.69) is 5.32 Å². The van der Waals surface area contributed by atoms with E-state index in [0.29, 0.717) is 6.54 Å². The molecule has 2 heterocycles. The molecule has 15 heavy (non-hydrogen) atoms. The van der Waals surface area contributed by atoms with Crippen molar-refractivity contribution in [2.45, 2.75) is 12.6 Å². The Morgan fingerprint density at radius 2 is 2.67 bits per heavy atom. The van der Waals surface area contributed by atoms with Gasteiger partial charge >= 0.3 is 0 Å². The molecule has 1 saturated heterocycles. The van der Waals surface area contributed by atoms with Gasteiger partial charge in [-0.1, -0.05) is 0 Å². The molecule has 1 amide bonds. The highest BCUT2D eigenvalue weighted by molar-refractivity contribution is 7.99. The van der Waals surface area contributed by atoms with Gasteiger partial charge in [-0.15, -0.1) is 11.8 Å². The summed E-state index contributed by atoms with van der Waals surface area (Å²) in [5, 5.41) is 3.17. The van der Waals surface area contributed by atoms with Crippen molar-refractivity contribution in [3.63, 3.8) is 0 Å². The van der Waals surface area contributed by atoms with Crippen molar-refractivity contribution in [1.82, 2.24) is 10.2 Å². The summed E-state index contributed by atoms with van der Waals surface area (Å²) < 4.78 is 4.96. The zero-order valence-electron chi connectivity index (χ0n) is 8.60. The summed E-state index contributed by atoms with van der Waals surface area (Å²) in [7, 11) is 1.82. The van der Waals surface area contributed by atoms with E-state index in [0.717, 1.165) is 17.2 Å². The lowest BCUT2D eigenvalue weighted by Crippen LogP contribution is -2.42. The molecule has 0 aromatic carbocycles. The Bertz CT molecular complexity index is 320. The average Bonchev–Trinajstić information content (AvgIpc) is 2.88. The van der Waals surface area contributed by atoms with Gasteiger partial charge in [-0.25, -0.2) is 0 Å². The maximum absolute atomic E-state index is 11.9. The van der Waals surface area contributed by atoms with E-state index in [4.69, 9.17) is 4.42 Å². The minimum absolute atomic E-state index is 0.0214. The van der Waals surface area contributed by atoms with Gasteiger partial charge in [0, 0.05) is 30.8 Å². The van der Waals surface area contributed by atoms with Crippen molar-refractivity contribution in [1.29, 1.82) is 0 Å². The Kier molecular flexibility index (Phi) is 3.33. The maximum atomic E-state index is 11.9. The number of nitrogens with one attached hydrogen (secondary N) is 1. The number of furan rings is 1. The minimum Gasteiger partial charge on any atom is -0.472 e. The fourth-order valence-corrected chi connectivity index (χ4v) is 2.49. The first-order chi connectivity index (χ1) is 7.27. The molecule has 2 rings (SSSR count). The summed E-state index contributed by atoms with van der Waals surface area (Å²) in [5.41, 5.74) is 1.02. The Labute approximate surface area is 93.0 Å². The Hall–Kier alpha value is -0.940. The summed E-state index contributed by atoms with van der Waals surface area (Å²) in [6.07, 6.45) is 3.29. The average molecular weight is 226 g/mol. The number of thioether (sulfide) groups is 1. The molecule has 1 atom stereocenters. The standard InChI is InChI=1S/C10H14N2O2S/c1-12(4-8-2-3-14-5-8)10(13)9-6-15-7-11-9/h2-3,5,9,11H,4,6-7H2,1H3. The summed E-state index contributed by atoms with van der Waals surface area (Å²) in [6, 6.07) is 1.85. The minimum atomic E-state index is -0.0214. The molecule has 1 fully saturated rings. The van der Waals surface area contributed by atoms with Crippen molar-refractivity contribution >= 4 is 17.7 Å². The molecule has 1 aromatic heterocycles. The van der Waals surface area contributed by atoms with Gasteiger partial charge < -0.3 is 9.32 Å². The first-order valence-electron chi connectivity index (χ1n) is 4.84. The van der Waals surface area contributed by atoms with Crippen molar-refractivity contribution in [2.24, 2.45) is 0 Å². The number of nitrogens with zero attached hydrogens (tertiary/aromatic N) is 1. The van der Waals surface area contributed by atoms with E-state index in [9.17, 15) is 4.79 Å². The molecular formula is C10H14N2O2S. The zero-order chi connectivity index (χ0) is 10.7. The Morgan fingerprint density at radius 1 is 1.80 bits per heavy atom. The van der Waals surface area contributed by atoms with Gasteiger partial charge in [0.1, 0.15) is 0 Å². The lowest BCUT2D eigenvalue weighted by atomic mass is 10.2. The highest BCUT2D eigenvalue weighted by Crippen LogP contribution is 2.12. The van der Waals surface area contributed by atoms with Gasteiger partial charge in [0.15, 0.2) is 0 Å². The largest absolute Gasteiger partial charge is 0.472 e. The predicted molar refractivity (Wildman–Crippen MR) is 59.4 cm³/mol. The van der Waals surface area contributed by atoms with Crippen molar-refractivity contribution < 1.29 is 9.21 Å². The van der Waals surface area contributed by atoms with Gasteiger partial charge in [-0.3, -0.25) is 10.1 Å². The summed E-state index contributed by atoms with van der Waals surface area (Å²) in [6.45, 7) is 0.609. The van der Waals surface area contributed by atoms with Gasteiger partial charge in [-0.05, 0) is 6.07 Å². The molecule has 1 unspecified atom stereocenters. The van der Waals surface area contributed by atoms with Crippen LogP contribution in [0.1, 0.15) is 5.56 Å². The second-order valence-corrected chi connectivity index (χ2v) is 4.63. The summed E-state index contributed by atoms with van der Waals surface area (Å²) in [4.78, 5) is 13.6. The SMILES string of the molecule is CN(Cc1ccoc1)C(=O)C1CSCN1. The van der Waals surface area contributed by atoms with E-state index >= 15 is 0 Å². The topological polar surface area (TPSA) is 45.5 Å². The Balaban J connectivity index is 1.89. The van der Waals surface area contributed by atoms with Crippen LogP contribution in [0.2, 0.25) is 0 Å². The molecule has 82 valence electrons. The monoisotopic (exact) mass is 226 g/mol. The van der Waals surface area contributed by atoms with Gasteiger partial charge in [-0.2, -0.15) is 0 Å². The second kappa shape index (κ2) is 4.72. The number of amides is 1. The zero-order valence-corrected chi connectivity index (χ0v) is 9.42. The number of hydrogen-bond acceptors (Lipinski definition) is 4. The molecule has 0 aliphatic carbocycles. The molecule has 4 nitrogen and oxygen atoms in total. The van der Waals surface area contributed by atoms with Crippen LogP contribution in [0.15, 0.2) is 23.0 Å². The lowest BCUT2D eigenvalue weighted by molar-refractivity contribution is -0.131. The summed E-state index contributed by atoms with van der Waals surface area (Å²) in [5.74, 6) is 1.89. The molecule has 0 bridgehead atoms. The van der Waals surface area contributed by atoms with Crippen molar-refractivity contribution in [3.8, 4) is 0 Å². The van der Waals surface area contributed by atoms with Crippen LogP contribution in [0.25, 0.3) is 0 Å². The van der Waals surface area contributed by atoms with Crippen LogP contribution < -0.4 is 5.32 Å². The van der Waals surface area contributed by atoms with E-state index in [1.165, 1.54) is 0 Å². The highest BCUT2D eigenvalue weighted by Gasteiger charge is 2.25. The van der Waals surface area contributed by atoms with E-state index in [1.54, 1.807) is 29.2 Å². The van der Waals surface area contributed by atoms with Gasteiger partial charge in [0.2, 0.25) is 5.91 Å². The van der Waals surface area contributed by atoms with Gasteiger partial charge in [0.05, 0.1) is 18.6 Å². The van der Waals surface area contributed by atoms with Crippen LogP contribution in [0.4, 0.5) is 0 Å². The summed E-state index contributed by atoms with van der Waals surface area (Å²) >= 11 is 1.76. The molecule has 1 aliphatic rings. The number of likely N-dealkylation sites (N-methyl/N-ethyl adjacent to an activating group) is 1. The lowest BCUT2D eigenvalue weighted by Gasteiger charge is -2.19. The molecule has 1 N–H and O–H groups in total. The second-order valence-electron chi connectivity index (χ2n) is 3.60. The smallest absolute Gasteiger partial charge is 0.240 e. The molecule has 0 saturated carbocycles. The first-order valence-corrected chi connectivity index (χ1v) is 6.00. The van der Waals surface area contributed by atoms with Crippen LogP contribution in [0, 0.1) is 0 Å². The van der Waals surface area contributed by atoms with Crippen LogP contribution in [0.5, 0.6) is 0 Å². The third-order valence-electron chi connectivity index (χ3n) is 2.39. The van der Waals surface area contributed by atoms with Crippen molar-refractivity contribution in [2.75, 3.05) is 18.7 Å². The number of carbonyl (C=O) groups excluding carboxylic acids is 1. The Morgan fingerprint density at radius 3 is 3.27 bits per heavy atom. The van der Waals surface area contributed by atoms with Crippen LogP contribution in [-0.2, 0) is 11.3 Å². The third kappa shape index (κ3) is 2.54. The van der Waals surface area contributed by atoms with E-state index < -0.39 is 0 Å². The fraction of sp³-hybridized carbons (Fsp3) is 0.500. The van der Waals surface area contributed by atoms with Crippen LogP contribution >= 0.6 is 11.8 Å². The number of hydrogen-bond donors (Lipinski definition) is 1. The van der Waals surface area contributed by atoms with Crippen LogP contribution in [-0.4, -0.2) is 35.5 Å². The van der Waals surface area contributed by atoms with Gasteiger partial charge in [0.25, 0.3) is 0 Å². The highest BCUT2D eigenvalue weighted by atomic mass is 32.2. The molecule has 5 heteroatoms. The number of carbonyl (C=O) groups is 1. The fourth-order valence-electron chi connectivity index (χ4n) is 1.55. The van der Waals surface area contributed by atoms with E-state index in [-0.39, 0.29) is 11.9 Å². The maximum Gasteiger partial charge on any atom is 0.240 e. The first kappa shape index (κ1) is 10.6. The van der Waals surface area contributed by atoms with Crippen LogP contribution in [0.3, 0.4) is 0 Å². The molecule has 0 radical (unpaired) electrons. The molecule has 0 spiro atoms. The third-order valence-corrected chi connectivity index (χ3v) is 3.33. The quantitative estimate of drug-likeness (QED) is 0.832. The van der Waals surface area contributed by atoms with Crippen molar-refractivity contribution in [3.05, 3.63) is 24.2 Å².